The number of carboxylic acid groups (broad SMARTS) is 2. The van der Waals surface area contributed by atoms with Crippen LogP contribution in [0, 0.1) is 11.8 Å². The van der Waals surface area contributed by atoms with Gasteiger partial charge in [0, 0.05) is 50.8 Å². The quantitative estimate of drug-likeness (QED) is 0.0193. The number of urea groups is 1. The average molecular weight is 1160 g/mol. The molecule has 9 amide bonds. The number of nitrogens with zero attached hydrogens (tertiary/aromatic N) is 3. The predicted molar refractivity (Wildman–Crippen MR) is 303 cm³/mol. The number of nitrogens with two attached hydrogens (primary N) is 3. The van der Waals surface area contributed by atoms with E-state index in [0.717, 1.165) is 0 Å². The summed E-state index contributed by atoms with van der Waals surface area (Å²) in [5.41, 5.74) is 18.8. The molecule has 1 aliphatic heterocycles. The van der Waals surface area contributed by atoms with Crippen LogP contribution < -0.4 is 59.7 Å². The molecule has 0 saturated carbocycles. The van der Waals surface area contributed by atoms with Crippen molar-refractivity contribution in [3.63, 3.8) is 0 Å². The number of guanidine groups is 1. The standard InChI is InChI=1S/C55H81N15O13/c1-5-32(4)45(51(79)65-40(27-35-29-59-30-62-35)52(80)70-24-12-16-42(70)49(77)66-41(53(81)82)26-33-13-7-6-8-14-33)68-48(76)39(25-34-17-19-36(71)20-18-34)64-50(78)44(31(2)3)67-47(75)38(63-46(74)37(57)28-43(72)73)15-11-23-60-54(58)69-55(83)61-22-10-9-21-56/h6-8,13-14,17-20,29-32,37-42,44-45,71H,5,9-12,15-16,21-28,56-57H2,1-4H3,(H,59,62)(H,63,74)(H,64,78)(H,65,79)(H,66,77)(H,67,75)(H,68,76)(H,72,73)(H,81,82)(H4,58,60,61,69,83)/t32-,37-,38-,39-,40-,41-,42-,44-,45-/m0/s1. The number of aromatic hydroxyl groups is 1. The Bertz CT molecular complexity index is 2680. The Morgan fingerprint density at radius 2 is 1.37 bits per heavy atom. The summed E-state index contributed by atoms with van der Waals surface area (Å²) in [4.78, 5) is 148. The summed E-state index contributed by atoms with van der Waals surface area (Å²) in [5.74, 6) is -9.94. The van der Waals surface area contributed by atoms with Crippen LogP contribution in [0.1, 0.15) is 95.9 Å². The van der Waals surface area contributed by atoms with Crippen LogP contribution >= 0.6 is 0 Å². The molecule has 9 atom stereocenters. The predicted octanol–water partition coefficient (Wildman–Crippen LogP) is -1.24. The van der Waals surface area contributed by atoms with Crippen LogP contribution in [0.2, 0.25) is 0 Å². The van der Waals surface area contributed by atoms with Crippen LogP contribution in [0.4, 0.5) is 4.79 Å². The number of H-pyrrole nitrogens is 1. The molecule has 2 aromatic carbocycles. The lowest BCUT2D eigenvalue weighted by molar-refractivity contribution is -0.145. The summed E-state index contributed by atoms with van der Waals surface area (Å²) in [6.45, 7) is 7.54. The Morgan fingerprint density at radius 1 is 0.747 bits per heavy atom. The number of unbranched alkanes of at least 4 members (excludes halogenated alkanes) is 1. The molecular weight excluding hydrogens is 1080 g/mol. The number of nitrogens with one attached hydrogen (secondary N) is 9. The number of phenolic OH excluding ortho intramolecular Hbond substituents is 1. The fraction of sp³-hybridized carbons (Fsp3) is 0.527. The molecule has 0 radical (unpaired) electrons. The van der Waals surface area contributed by atoms with Crippen LogP contribution in [0.15, 0.2) is 72.1 Å². The molecule has 0 spiro atoms. The Balaban J connectivity index is 1.57. The van der Waals surface area contributed by atoms with Gasteiger partial charge >= 0.3 is 18.0 Å². The molecule has 1 aromatic heterocycles. The van der Waals surface area contributed by atoms with Crippen molar-refractivity contribution in [2.75, 3.05) is 26.2 Å². The number of imidazole rings is 1. The number of carboxylic acids is 2. The summed E-state index contributed by atoms with van der Waals surface area (Å²) < 4.78 is 0. The number of phenols is 1. The Kier molecular flexibility index (Phi) is 27.3. The largest absolute Gasteiger partial charge is 0.508 e. The highest BCUT2D eigenvalue weighted by Crippen LogP contribution is 2.21. The highest BCUT2D eigenvalue weighted by Gasteiger charge is 2.41. The number of aromatic amines is 1. The molecule has 0 bridgehead atoms. The first-order valence-corrected chi connectivity index (χ1v) is 27.7. The van der Waals surface area contributed by atoms with Gasteiger partial charge in [0.2, 0.25) is 41.4 Å². The Morgan fingerprint density at radius 3 is 2.00 bits per heavy atom. The first-order chi connectivity index (χ1) is 39.5. The lowest BCUT2D eigenvalue weighted by Gasteiger charge is -2.32. The molecule has 18 N–H and O–H groups in total. The number of carbonyl (C=O) groups excluding carboxylic acids is 8. The molecular formula is C55H81N15O13. The lowest BCUT2D eigenvalue weighted by atomic mass is 9.96. The second-order valence-corrected chi connectivity index (χ2v) is 20.7. The average Bonchev–Trinajstić information content (AvgIpc) is 4.42. The lowest BCUT2D eigenvalue weighted by Crippen LogP contribution is -2.62. The van der Waals surface area contributed by atoms with E-state index < -0.39 is 126 Å². The third kappa shape index (κ3) is 22.3. The van der Waals surface area contributed by atoms with Crippen molar-refractivity contribution in [2.24, 2.45) is 34.0 Å². The summed E-state index contributed by atoms with van der Waals surface area (Å²) in [5, 5.41) is 50.3. The normalized spacial score (nSPS) is 16.1. The van der Waals surface area contributed by atoms with Crippen molar-refractivity contribution in [1.82, 2.24) is 57.4 Å². The van der Waals surface area contributed by atoms with Gasteiger partial charge in [-0.05, 0) is 80.2 Å². The van der Waals surface area contributed by atoms with Gasteiger partial charge in [0.15, 0.2) is 5.96 Å². The number of likely N-dealkylation sites (tertiary alicyclic amines) is 1. The van der Waals surface area contributed by atoms with E-state index >= 15 is 0 Å². The van der Waals surface area contributed by atoms with E-state index in [1.807, 2.05) is 0 Å². The maximum atomic E-state index is 14.7. The topological polar surface area (TPSA) is 450 Å². The molecule has 1 fully saturated rings. The first-order valence-electron chi connectivity index (χ1n) is 27.7. The molecule has 3 aromatic rings. The van der Waals surface area contributed by atoms with Gasteiger partial charge in [-0.3, -0.25) is 48.7 Å². The van der Waals surface area contributed by atoms with E-state index in [0.29, 0.717) is 55.6 Å². The molecule has 0 aliphatic carbocycles. The van der Waals surface area contributed by atoms with Crippen molar-refractivity contribution in [2.45, 2.75) is 147 Å². The summed E-state index contributed by atoms with van der Waals surface area (Å²) in [6.07, 6.45) is 3.96. The van der Waals surface area contributed by atoms with Crippen molar-refractivity contribution in [3.8, 4) is 5.75 Å². The molecule has 28 nitrogen and oxygen atoms in total. The van der Waals surface area contributed by atoms with Gasteiger partial charge in [-0.15, -0.1) is 0 Å². The van der Waals surface area contributed by atoms with Gasteiger partial charge in [0.25, 0.3) is 0 Å². The van der Waals surface area contributed by atoms with Crippen molar-refractivity contribution in [1.29, 1.82) is 0 Å². The van der Waals surface area contributed by atoms with Gasteiger partial charge in [-0.25, -0.2) is 14.6 Å². The van der Waals surface area contributed by atoms with Crippen molar-refractivity contribution >= 4 is 65.3 Å². The van der Waals surface area contributed by atoms with Crippen LogP contribution in [-0.4, -0.2) is 170 Å². The van der Waals surface area contributed by atoms with E-state index in [2.05, 4.69) is 57.5 Å². The number of aromatic nitrogens is 2. The number of benzene rings is 2. The second kappa shape index (κ2) is 33.9. The van der Waals surface area contributed by atoms with Gasteiger partial charge in [0.05, 0.1) is 18.8 Å². The molecule has 28 heteroatoms. The minimum Gasteiger partial charge on any atom is -0.508 e. The number of rotatable bonds is 33. The Hall–Kier alpha value is -8.66. The van der Waals surface area contributed by atoms with E-state index in [-0.39, 0.29) is 63.3 Å². The first kappa shape index (κ1) is 66.8. The summed E-state index contributed by atoms with van der Waals surface area (Å²) >= 11 is 0. The summed E-state index contributed by atoms with van der Waals surface area (Å²) in [6, 6.07) is 3.03. The van der Waals surface area contributed by atoms with Crippen LogP contribution in [0.3, 0.4) is 0 Å². The second-order valence-electron chi connectivity index (χ2n) is 20.7. The van der Waals surface area contributed by atoms with E-state index in [9.17, 15) is 63.3 Å². The molecule has 0 unspecified atom stereocenters. The number of amides is 9. The van der Waals surface area contributed by atoms with Crippen LogP contribution in [0.25, 0.3) is 0 Å². The van der Waals surface area contributed by atoms with Crippen molar-refractivity contribution < 1.29 is 63.3 Å². The van der Waals surface area contributed by atoms with E-state index in [4.69, 9.17) is 17.2 Å². The molecule has 2 heterocycles. The number of aliphatic imine (C=N–C) groups is 1. The smallest absolute Gasteiger partial charge is 0.326 e. The minimum atomic E-state index is -1.56. The molecule has 454 valence electrons. The van der Waals surface area contributed by atoms with Gasteiger partial charge in [0.1, 0.15) is 48.0 Å². The van der Waals surface area contributed by atoms with Gasteiger partial charge < -0.3 is 79.6 Å². The molecule has 4 rings (SSSR count). The maximum absolute atomic E-state index is 14.7. The Labute approximate surface area is 481 Å². The zero-order chi connectivity index (χ0) is 61.2. The monoisotopic (exact) mass is 1160 g/mol. The SMILES string of the molecule is CC[C@H](C)[C@H](NC(=O)[C@H](Cc1ccc(O)cc1)NC(=O)[C@@H](NC(=O)[C@H](CCCN=C(N)NC(=O)NCCCCN)NC(=O)[C@@H](N)CC(=O)O)C(C)C)C(=O)N[C@@H](Cc1cnc[nH]1)C(=O)N1CCC[C@H]1C(=O)N[C@@H](Cc1ccccc1)C(=O)O. The zero-order valence-electron chi connectivity index (χ0n) is 47.2. The maximum Gasteiger partial charge on any atom is 0.326 e. The number of hydrogen-bond donors (Lipinski definition) is 15. The highest BCUT2D eigenvalue weighted by atomic mass is 16.4. The third-order valence-corrected chi connectivity index (χ3v) is 13.8. The number of aliphatic carboxylic acids is 2. The number of hydrogen-bond acceptors (Lipinski definition) is 15. The molecule has 1 saturated heterocycles. The van der Waals surface area contributed by atoms with Crippen molar-refractivity contribution in [3.05, 3.63) is 83.9 Å². The molecule has 83 heavy (non-hydrogen) atoms. The fourth-order valence-corrected chi connectivity index (χ4v) is 8.98. The minimum absolute atomic E-state index is 0.0107. The highest BCUT2D eigenvalue weighted by molar-refractivity contribution is 5.98. The van der Waals surface area contributed by atoms with Crippen LogP contribution in [0.5, 0.6) is 5.75 Å². The third-order valence-electron chi connectivity index (χ3n) is 13.8. The van der Waals surface area contributed by atoms with Gasteiger partial charge in [-0.1, -0.05) is 76.6 Å². The van der Waals surface area contributed by atoms with E-state index in [1.54, 1.807) is 58.0 Å². The zero-order valence-corrected chi connectivity index (χ0v) is 47.2. The molecule has 1 aliphatic rings. The number of carbonyl (C=O) groups is 10. The van der Waals surface area contributed by atoms with Gasteiger partial charge in [-0.2, -0.15) is 0 Å². The van der Waals surface area contributed by atoms with Crippen LogP contribution in [-0.2, 0) is 62.4 Å². The van der Waals surface area contributed by atoms with E-state index in [1.165, 1.54) is 41.7 Å². The summed E-state index contributed by atoms with van der Waals surface area (Å²) in [7, 11) is 0. The fourth-order valence-electron chi connectivity index (χ4n) is 8.98.